The second-order valence-electron chi connectivity index (χ2n) is 7.17. The van der Waals surface area contributed by atoms with Gasteiger partial charge in [-0.15, -0.1) is 24.0 Å². The fourth-order valence-electron chi connectivity index (χ4n) is 3.65. The number of carbonyl (C=O) groups is 1. The molecule has 0 aliphatic carbocycles. The summed E-state index contributed by atoms with van der Waals surface area (Å²) in [5, 5.41) is 3.43. The molecule has 0 aromatic carbocycles. The Labute approximate surface area is 186 Å². The smallest absolute Gasteiger partial charge is 0.239 e. The first-order valence-corrected chi connectivity index (χ1v) is 11.6. The lowest BCUT2D eigenvalue weighted by Crippen LogP contribution is -2.57. The molecule has 2 fully saturated rings. The molecule has 1 unspecified atom stereocenters. The number of rotatable bonds is 8. The maximum Gasteiger partial charge on any atom is 0.239 e. The van der Waals surface area contributed by atoms with Crippen LogP contribution in [0.5, 0.6) is 0 Å². The summed E-state index contributed by atoms with van der Waals surface area (Å²) >= 11 is 1.90. The van der Waals surface area contributed by atoms with E-state index in [4.69, 9.17) is 4.99 Å². The Morgan fingerprint density at radius 2 is 1.74 bits per heavy atom. The summed E-state index contributed by atoms with van der Waals surface area (Å²) in [5.41, 5.74) is 0. The van der Waals surface area contributed by atoms with E-state index in [0.717, 1.165) is 77.6 Å². The van der Waals surface area contributed by atoms with Gasteiger partial charge in [-0.25, -0.2) is 0 Å². The first-order valence-electron chi connectivity index (χ1n) is 10.2. The number of unbranched alkanes of at least 4 members (excludes halogenated alkanes) is 1. The SMILES string of the molecule is CCNC(=NCCCCSC)N1CCN(C(C)C(=O)N2CCCC2)CC1.I. The van der Waals surface area contributed by atoms with E-state index in [9.17, 15) is 4.79 Å². The molecule has 2 saturated heterocycles. The van der Waals surface area contributed by atoms with Gasteiger partial charge in [0, 0.05) is 52.4 Å². The van der Waals surface area contributed by atoms with Gasteiger partial charge >= 0.3 is 0 Å². The van der Waals surface area contributed by atoms with Crippen molar-refractivity contribution < 1.29 is 4.79 Å². The normalized spacial score (nSPS) is 19.7. The summed E-state index contributed by atoms with van der Waals surface area (Å²) in [6.45, 7) is 11.6. The highest BCUT2D eigenvalue weighted by Crippen LogP contribution is 2.14. The molecule has 1 N–H and O–H groups in total. The molecule has 0 aromatic heterocycles. The molecule has 1 amide bonds. The van der Waals surface area contributed by atoms with Crippen LogP contribution in [0.15, 0.2) is 4.99 Å². The highest BCUT2D eigenvalue weighted by atomic mass is 127. The Morgan fingerprint density at radius 1 is 1.07 bits per heavy atom. The van der Waals surface area contributed by atoms with Gasteiger partial charge in [0.15, 0.2) is 5.96 Å². The molecular formula is C19H38IN5OS. The third-order valence-corrected chi connectivity index (χ3v) is 5.99. The lowest BCUT2D eigenvalue weighted by molar-refractivity contribution is -0.135. The Morgan fingerprint density at radius 3 is 2.33 bits per heavy atom. The number of hydrogen-bond donors (Lipinski definition) is 1. The van der Waals surface area contributed by atoms with Crippen LogP contribution < -0.4 is 5.32 Å². The number of hydrogen-bond acceptors (Lipinski definition) is 4. The number of aliphatic imine (C=N–C) groups is 1. The van der Waals surface area contributed by atoms with E-state index in [2.05, 4.69) is 35.2 Å². The van der Waals surface area contributed by atoms with Crippen LogP contribution in [0.3, 0.4) is 0 Å². The van der Waals surface area contributed by atoms with Gasteiger partial charge in [-0.05, 0) is 51.5 Å². The number of likely N-dealkylation sites (tertiary alicyclic amines) is 1. The molecule has 6 nitrogen and oxygen atoms in total. The maximum absolute atomic E-state index is 12.6. The molecular weight excluding hydrogens is 473 g/mol. The number of nitrogens with zero attached hydrogens (tertiary/aromatic N) is 4. The van der Waals surface area contributed by atoms with Gasteiger partial charge in [0.05, 0.1) is 6.04 Å². The Bertz CT molecular complexity index is 451. The molecule has 0 spiro atoms. The minimum absolute atomic E-state index is 0. The maximum atomic E-state index is 12.6. The summed E-state index contributed by atoms with van der Waals surface area (Å²) in [7, 11) is 0. The fraction of sp³-hybridized carbons (Fsp3) is 0.895. The van der Waals surface area contributed by atoms with E-state index in [-0.39, 0.29) is 30.0 Å². The molecule has 2 rings (SSSR count). The van der Waals surface area contributed by atoms with E-state index in [0.29, 0.717) is 5.91 Å². The number of halogens is 1. The Hall–Kier alpha value is -0.220. The lowest BCUT2D eigenvalue weighted by atomic mass is 10.2. The predicted molar refractivity (Wildman–Crippen MR) is 127 cm³/mol. The molecule has 0 aromatic rings. The van der Waals surface area contributed by atoms with Crippen molar-refractivity contribution in [3.63, 3.8) is 0 Å². The number of nitrogens with one attached hydrogen (secondary N) is 1. The second-order valence-corrected chi connectivity index (χ2v) is 8.15. The molecule has 0 bridgehead atoms. The minimum atomic E-state index is 0. The van der Waals surface area contributed by atoms with Crippen LogP contribution in [-0.4, -0.2) is 97.0 Å². The number of carbonyl (C=O) groups excluding carboxylic acids is 1. The molecule has 2 aliphatic rings. The third kappa shape index (κ3) is 7.97. The fourth-order valence-corrected chi connectivity index (χ4v) is 4.14. The van der Waals surface area contributed by atoms with Crippen molar-refractivity contribution in [2.75, 3.05) is 64.4 Å². The van der Waals surface area contributed by atoms with E-state index in [1.165, 1.54) is 12.2 Å². The van der Waals surface area contributed by atoms with Crippen molar-refractivity contribution >= 4 is 47.6 Å². The molecule has 158 valence electrons. The molecule has 0 radical (unpaired) electrons. The van der Waals surface area contributed by atoms with E-state index in [1.807, 2.05) is 16.7 Å². The Kier molecular flexibility index (Phi) is 12.8. The van der Waals surface area contributed by atoms with Gasteiger partial charge in [-0.3, -0.25) is 14.7 Å². The van der Waals surface area contributed by atoms with E-state index >= 15 is 0 Å². The van der Waals surface area contributed by atoms with Crippen LogP contribution >= 0.6 is 35.7 Å². The van der Waals surface area contributed by atoms with Gasteiger partial charge < -0.3 is 15.1 Å². The molecule has 8 heteroatoms. The number of amides is 1. The highest BCUT2D eigenvalue weighted by Gasteiger charge is 2.30. The summed E-state index contributed by atoms with van der Waals surface area (Å²) < 4.78 is 0. The molecule has 1 atom stereocenters. The van der Waals surface area contributed by atoms with Crippen LogP contribution in [0.2, 0.25) is 0 Å². The highest BCUT2D eigenvalue weighted by molar-refractivity contribution is 14.0. The van der Waals surface area contributed by atoms with Gasteiger partial charge in [-0.1, -0.05) is 0 Å². The van der Waals surface area contributed by atoms with Crippen LogP contribution in [0.25, 0.3) is 0 Å². The quantitative estimate of drug-likeness (QED) is 0.235. The lowest BCUT2D eigenvalue weighted by Gasteiger charge is -2.39. The van der Waals surface area contributed by atoms with Crippen LogP contribution in [0.1, 0.15) is 39.5 Å². The molecule has 27 heavy (non-hydrogen) atoms. The average Bonchev–Trinajstić information content (AvgIpc) is 3.21. The van der Waals surface area contributed by atoms with E-state index in [1.54, 1.807) is 0 Å². The zero-order valence-corrected chi connectivity index (χ0v) is 20.4. The van der Waals surface area contributed by atoms with Crippen LogP contribution in [0, 0.1) is 0 Å². The van der Waals surface area contributed by atoms with Crippen molar-refractivity contribution in [2.24, 2.45) is 4.99 Å². The summed E-state index contributed by atoms with van der Waals surface area (Å²) in [6, 6.07) is 0.00122. The van der Waals surface area contributed by atoms with E-state index < -0.39 is 0 Å². The number of piperazine rings is 1. The number of guanidine groups is 1. The summed E-state index contributed by atoms with van der Waals surface area (Å²) in [5.74, 6) is 2.56. The Balaban J connectivity index is 0.00000364. The van der Waals surface area contributed by atoms with Crippen molar-refractivity contribution in [3.8, 4) is 0 Å². The third-order valence-electron chi connectivity index (χ3n) is 5.29. The average molecular weight is 512 g/mol. The topological polar surface area (TPSA) is 51.2 Å². The van der Waals surface area contributed by atoms with Crippen molar-refractivity contribution in [3.05, 3.63) is 0 Å². The predicted octanol–water partition coefficient (Wildman–Crippen LogP) is 2.34. The summed E-state index contributed by atoms with van der Waals surface area (Å²) in [6.07, 6.45) is 6.85. The van der Waals surface area contributed by atoms with Gasteiger partial charge in [0.2, 0.25) is 5.91 Å². The molecule has 0 saturated carbocycles. The first-order chi connectivity index (χ1) is 12.7. The molecule has 2 aliphatic heterocycles. The van der Waals surface area contributed by atoms with Crippen molar-refractivity contribution in [2.45, 2.75) is 45.6 Å². The molecule has 2 heterocycles. The second kappa shape index (κ2) is 13.9. The minimum Gasteiger partial charge on any atom is -0.357 e. The zero-order valence-electron chi connectivity index (χ0n) is 17.3. The monoisotopic (exact) mass is 511 g/mol. The van der Waals surface area contributed by atoms with Crippen LogP contribution in [-0.2, 0) is 4.79 Å². The van der Waals surface area contributed by atoms with Gasteiger partial charge in [-0.2, -0.15) is 11.8 Å². The van der Waals surface area contributed by atoms with Gasteiger partial charge in [0.1, 0.15) is 0 Å². The van der Waals surface area contributed by atoms with Crippen LogP contribution in [0.4, 0.5) is 0 Å². The van der Waals surface area contributed by atoms with Crippen molar-refractivity contribution in [1.82, 2.24) is 20.0 Å². The van der Waals surface area contributed by atoms with Gasteiger partial charge in [0.25, 0.3) is 0 Å². The van der Waals surface area contributed by atoms with Crippen molar-refractivity contribution in [1.29, 1.82) is 0 Å². The first kappa shape index (κ1) is 24.8. The largest absolute Gasteiger partial charge is 0.357 e. The number of thioether (sulfide) groups is 1. The summed E-state index contributed by atoms with van der Waals surface area (Å²) in [4.78, 5) is 24.1. The zero-order chi connectivity index (χ0) is 18.8. The standard InChI is InChI=1S/C19H37N5OS.HI/c1-4-20-19(21-9-5-8-16-26-3)24-14-12-22(13-15-24)17(2)18(25)23-10-6-7-11-23;/h17H,4-16H2,1-3H3,(H,20,21);1H.